The van der Waals surface area contributed by atoms with Crippen LogP contribution in [-0.2, 0) is 6.61 Å². The molecule has 2 rings (SSSR count). The van der Waals surface area contributed by atoms with Crippen LogP contribution in [0.1, 0.15) is 28.7 Å². The molecule has 0 fully saturated rings. The molecule has 1 heterocycles. The Kier molecular flexibility index (Phi) is 4.79. The van der Waals surface area contributed by atoms with Crippen LogP contribution in [0.3, 0.4) is 0 Å². The van der Waals surface area contributed by atoms with Gasteiger partial charge in [0.2, 0.25) is 0 Å². The number of amides is 1. The summed E-state index contributed by atoms with van der Waals surface area (Å²) in [4.78, 5) is 11.7. The molecule has 20 heavy (non-hydrogen) atoms. The summed E-state index contributed by atoms with van der Waals surface area (Å²) in [6.07, 6.45) is 0. The van der Waals surface area contributed by atoms with Gasteiger partial charge in [-0.05, 0) is 48.0 Å². The minimum atomic E-state index is -0.106. The number of nitrogens with zero attached hydrogens (tertiary/aromatic N) is 1. The van der Waals surface area contributed by atoms with Crippen molar-refractivity contribution in [3.05, 3.63) is 45.8 Å². The fourth-order valence-corrected chi connectivity index (χ4v) is 2.15. The van der Waals surface area contributed by atoms with Gasteiger partial charge in [0.15, 0.2) is 5.76 Å². The quantitative estimate of drug-likeness (QED) is 0.909. The topological polar surface area (TPSA) is 64.4 Å². The van der Waals surface area contributed by atoms with Crippen LogP contribution in [0.15, 0.2) is 33.3 Å². The minimum absolute atomic E-state index is 0.106. The van der Waals surface area contributed by atoms with Crippen molar-refractivity contribution in [2.24, 2.45) is 0 Å². The maximum atomic E-state index is 11.7. The Balaban J connectivity index is 2.04. The Hall–Kier alpha value is -1.82. The molecule has 0 bridgehead atoms. The van der Waals surface area contributed by atoms with E-state index in [1.807, 2.05) is 19.9 Å². The number of carbonyl (C=O) groups excluding carboxylic acids is 1. The van der Waals surface area contributed by atoms with Gasteiger partial charge in [0.05, 0.1) is 10.2 Å². The maximum Gasteiger partial charge on any atom is 0.251 e. The van der Waals surface area contributed by atoms with Gasteiger partial charge in [0, 0.05) is 18.2 Å². The lowest BCUT2D eigenvalue weighted by molar-refractivity contribution is 0.0955. The van der Waals surface area contributed by atoms with E-state index in [1.165, 1.54) is 0 Å². The monoisotopic (exact) mass is 338 g/mol. The summed E-state index contributed by atoms with van der Waals surface area (Å²) in [6, 6.07) is 7.01. The predicted molar refractivity (Wildman–Crippen MR) is 77.7 cm³/mol. The number of aromatic nitrogens is 1. The second kappa shape index (κ2) is 6.56. The van der Waals surface area contributed by atoms with Gasteiger partial charge in [0.25, 0.3) is 5.91 Å². The summed E-state index contributed by atoms with van der Waals surface area (Å²) in [5.41, 5.74) is 1.40. The van der Waals surface area contributed by atoms with Crippen molar-refractivity contribution in [1.29, 1.82) is 0 Å². The van der Waals surface area contributed by atoms with Gasteiger partial charge >= 0.3 is 0 Å². The second-order valence-electron chi connectivity index (χ2n) is 4.23. The molecular weight excluding hydrogens is 324 g/mol. The van der Waals surface area contributed by atoms with Crippen molar-refractivity contribution in [2.45, 2.75) is 20.5 Å². The fourth-order valence-electron chi connectivity index (χ4n) is 1.65. The van der Waals surface area contributed by atoms with Crippen LogP contribution >= 0.6 is 15.9 Å². The first-order valence-electron chi connectivity index (χ1n) is 6.23. The average Bonchev–Trinajstić information content (AvgIpc) is 2.83. The fraction of sp³-hybridized carbons (Fsp3) is 0.286. The number of aryl methyl sites for hydroxylation is 1. The lowest BCUT2D eigenvalue weighted by Gasteiger charge is -2.08. The second-order valence-corrected chi connectivity index (χ2v) is 5.08. The maximum absolute atomic E-state index is 11.7. The molecule has 2 aromatic rings. The summed E-state index contributed by atoms with van der Waals surface area (Å²) in [7, 11) is 0. The SMILES string of the molecule is CCNC(=O)c1ccc(OCc2cc(C)no2)c(Br)c1. The molecular formula is C14H15BrN2O3. The summed E-state index contributed by atoms with van der Waals surface area (Å²) in [5.74, 6) is 1.19. The molecule has 5 nitrogen and oxygen atoms in total. The molecule has 0 aliphatic rings. The van der Waals surface area contributed by atoms with E-state index in [9.17, 15) is 4.79 Å². The van der Waals surface area contributed by atoms with Crippen LogP contribution in [-0.4, -0.2) is 17.6 Å². The first-order chi connectivity index (χ1) is 9.60. The van der Waals surface area contributed by atoms with Crippen LogP contribution < -0.4 is 10.1 Å². The van der Waals surface area contributed by atoms with Crippen LogP contribution in [0, 0.1) is 6.92 Å². The van der Waals surface area contributed by atoms with E-state index < -0.39 is 0 Å². The molecule has 1 aromatic heterocycles. The molecule has 1 N–H and O–H groups in total. The molecule has 0 aliphatic heterocycles. The van der Waals surface area contributed by atoms with E-state index >= 15 is 0 Å². The van der Waals surface area contributed by atoms with E-state index in [0.717, 1.165) is 10.2 Å². The average molecular weight is 339 g/mol. The number of hydrogen-bond donors (Lipinski definition) is 1. The highest BCUT2D eigenvalue weighted by atomic mass is 79.9. The van der Waals surface area contributed by atoms with E-state index in [2.05, 4.69) is 26.4 Å². The largest absolute Gasteiger partial charge is 0.484 e. The smallest absolute Gasteiger partial charge is 0.251 e. The number of halogens is 1. The number of benzene rings is 1. The van der Waals surface area contributed by atoms with Gasteiger partial charge in [0.1, 0.15) is 12.4 Å². The molecule has 0 radical (unpaired) electrons. The first kappa shape index (κ1) is 14.6. The summed E-state index contributed by atoms with van der Waals surface area (Å²) < 4.78 is 11.4. The van der Waals surface area contributed by atoms with Crippen LogP contribution in [0.4, 0.5) is 0 Å². The Morgan fingerprint density at radius 3 is 2.85 bits per heavy atom. The van der Waals surface area contributed by atoms with Crippen molar-refractivity contribution in [3.63, 3.8) is 0 Å². The number of rotatable bonds is 5. The molecule has 0 aliphatic carbocycles. The first-order valence-corrected chi connectivity index (χ1v) is 7.02. The van der Waals surface area contributed by atoms with Gasteiger partial charge in [-0.1, -0.05) is 5.16 Å². The molecule has 0 saturated heterocycles. The predicted octanol–water partition coefficient (Wildman–Crippen LogP) is 3.07. The molecule has 0 unspecified atom stereocenters. The molecule has 106 valence electrons. The Labute approximate surface area is 125 Å². The number of carbonyl (C=O) groups is 1. The number of hydrogen-bond acceptors (Lipinski definition) is 4. The summed E-state index contributed by atoms with van der Waals surface area (Å²) >= 11 is 3.39. The normalized spacial score (nSPS) is 10.3. The molecule has 6 heteroatoms. The van der Waals surface area contributed by atoms with E-state index in [1.54, 1.807) is 18.2 Å². The van der Waals surface area contributed by atoms with Crippen molar-refractivity contribution in [2.75, 3.05) is 6.54 Å². The molecule has 0 atom stereocenters. The third kappa shape index (κ3) is 3.60. The highest BCUT2D eigenvalue weighted by molar-refractivity contribution is 9.10. The zero-order valence-electron chi connectivity index (χ0n) is 11.3. The van der Waals surface area contributed by atoms with Crippen molar-refractivity contribution in [1.82, 2.24) is 10.5 Å². The Morgan fingerprint density at radius 1 is 1.45 bits per heavy atom. The molecule has 0 saturated carbocycles. The van der Waals surface area contributed by atoms with E-state index in [-0.39, 0.29) is 5.91 Å². The summed E-state index contributed by atoms with van der Waals surface area (Å²) in [6.45, 7) is 4.62. The van der Waals surface area contributed by atoms with E-state index in [0.29, 0.717) is 30.2 Å². The van der Waals surface area contributed by atoms with Crippen molar-refractivity contribution in [3.8, 4) is 5.75 Å². The zero-order chi connectivity index (χ0) is 14.5. The van der Waals surface area contributed by atoms with E-state index in [4.69, 9.17) is 9.26 Å². The summed E-state index contributed by atoms with van der Waals surface area (Å²) in [5, 5.41) is 6.53. The van der Waals surface area contributed by atoms with Crippen LogP contribution in [0.2, 0.25) is 0 Å². The van der Waals surface area contributed by atoms with Crippen molar-refractivity contribution >= 4 is 21.8 Å². The lowest BCUT2D eigenvalue weighted by atomic mass is 10.2. The number of ether oxygens (including phenoxy) is 1. The minimum Gasteiger partial charge on any atom is -0.484 e. The Bertz CT molecular complexity index is 610. The highest BCUT2D eigenvalue weighted by Gasteiger charge is 2.09. The van der Waals surface area contributed by atoms with Crippen molar-refractivity contribution < 1.29 is 14.1 Å². The lowest BCUT2D eigenvalue weighted by Crippen LogP contribution is -2.22. The standard InChI is InChI=1S/C14H15BrN2O3/c1-3-16-14(18)10-4-5-13(12(15)7-10)19-8-11-6-9(2)17-20-11/h4-7H,3,8H2,1-2H3,(H,16,18). The Morgan fingerprint density at radius 2 is 2.25 bits per heavy atom. The van der Waals surface area contributed by atoms with Gasteiger partial charge in [-0.3, -0.25) is 4.79 Å². The molecule has 1 aromatic carbocycles. The van der Waals surface area contributed by atoms with Gasteiger partial charge < -0.3 is 14.6 Å². The van der Waals surface area contributed by atoms with Crippen LogP contribution in [0.25, 0.3) is 0 Å². The van der Waals surface area contributed by atoms with Crippen LogP contribution in [0.5, 0.6) is 5.75 Å². The third-order valence-electron chi connectivity index (χ3n) is 2.58. The highest BCUT2D eigenvalue weighted by Crippen LogP contribution is 2.26. The molecule has 1 amide bonds. The van der Waals surface area contributed by atoms with Gasteiger partial charge in [-0.2, -0.15) is 0 Å². The number of nitrogens with one attached hydrogen (secondary N) is 1. The third-order valence-corrected chi connectivity index (χ3v) is 3.20. The van der Waals surface area contributed by atoms with Gasteiger partial charge in [-0.15, -0.1) is 0 Å². The molecule has 0 spiro atoms. The van der Waals surface area contributed by atoms with Gasteiger partial charge in [-0.25, -0.2) is 0 Å². The zero-order valence-corrected chi connectivity index (χ0v) is 12.9.